The van der Waals surface area contributed by atoms with E-state index in [4.69, 9.17) is 5.11 Å². The summed E-state index contributed by atoms with van der Waals surface area (Å²) >= 11 is 0. The molecule has 0 bridgehead atoms. The largest absolute Gasteiger partial charge is 0.464 e. The highest BCUT2D eigenvalue weighted by Crippen LogP contribution is 2.27. The van der Waals surface area contributed by atoms with Crippen molar-refractivity contribution in [3.8, 4) is 0 Å². The molecule has 2 N–H and O–H groups in total. The molecule has 0 spiro atoms. The molecule has 1 aliphatic heterocycles. The van der Waals surface area contributed by atoms with Crippen LogP contribution in [-0.2, 0) is 6.42 Å². The number of rotatable bonds is 1. The van der Waals surface area contributed by atoms with Crippen molar-refractivity contribution >= 4 is 6.09 Å². The summed E-state index contributed by atoms with van der Waals surface area (Å²) < 4.78 is 0. The average molecular weight is 206 g/mol. The van der Waals surface area contributed by atoms with E-state index in [1.807, 2.05) is 19.1 Å². The smallest absolute Gasteiger partial charge is 0.419 e. The molecule has 0 aromatic heterocycles. The van der Waals surface area contributed by atoms with Crippen LogP contribution in [0.4, 0.5) is 4.79 Å². The fraction of sp³-hybridized carbons (Fsp3) is 0.364. The zero-order chi connectivity index (χ0) is 10.8. The molecule has 4 nitrogen and oxygen atoms in total. The average Bonchev–Trinajstić information content (AvgIpc) is 2.22. The van der Waals surface area contributed by atoms with E-state index in [-0.39, 0.29) is 6.04 Å². The van der Waals surface area contributed by atoms with Crippen molar-refractivity contribution in [1.82, 2.24) is 10.4 Å². The number of nitrogens with one attached hydrogen (secondary N) is 1. The lowest BCUT2D eigenvalue weighted by atomic mass is 9.95. The summed E-state index contributed by atoms with van der Waals surface area (Å²) in [5, 5.41) is 10.4. The Kier molecular flexibility index (Phi) is 2.60. The first-order valence-electron chi connectivity index (χ1n) is 5.02. The van der Waals surface area contributed by atoms with Gasteiger partial charge in [-0.3, -0.25) is 5.43 Å². The fourth-order valence-corrected chi connectivity index (χ4v) is 2.05. The van der Waals surface area contributed by atoms with E-state index in [1.54, 1.807) is 5.01 Å². The van der Waals surface area contributed by atoms with Crippen LogP contribution in [0.1, 0.15) is 24.1 Å². The Morgan fingerprint density at radius 3 is 3.00 bits per heavy atom. The number of hydrogen-bond acceptors (Lipinski definition) is 2. The minimum Gasteiger partial charge on any atom is -0.464 e. The maximum absolute atomic E-state index is 10.6. The standard InChI is InChI=1S/C11H14N2O2/c1-8-10-5-3-2-4-9(10)6-7-13(8)12-11(14)15/h2-5,8,12H,6-7H2,1H3,(H,14,15). The lowest BCUT2D eigenvalue weighted by Crippen LogP contribution is -2.46. The van der Waals surface area contributed by atoms with Gasteiger partial charge in [0.25, 0.3) is 0 Å². The molecule has 0 radical (unpaired) electrons. The number of fused-ring (bicyclic) bond motifs is 1. The Morgan fingerprint density at radius 2 is 2.27 bits per heavy atom. The van der Waals surface area contributed by atoms with E-state index in [9.17, 15) is 4.79 Å². The van der Waals surface area contributed by atoms with Crippen LogP contribution in [-0.4, -0.2) is 22.8 Å². The van der Waals surface area contributed by atoms with Gasteiger partial charge in [0, 0.05) is 6.54 Å². The third kappa shape index (κ3) is 1.94. The predicted molar refractivity (Wildman–Crippen MR) is 56.4 cm³/mol. The highest BCUT2D eigenvalue weighted by molar-refractivity contribution is 5.63. The molecule has 80 valence electrons. The zero-order valence-corrected chi connectivity index (χ0v) is 8.60. The van der Waals surface area contributed by atoms with Gasteiger partial charge in [0.05, 0.1) is 6.04 Å². The van der Waals surface area contributed by atoms with Gasteiger partial charge in [-0.05, 0) is 24.5 Å². The first-order chi connectivity index (χ1) is 7.18. The van der Waals surface area contributed by atoms with Crippen molar-refractivity contribution in [2.75, 3.05) is 6.54 Å². The van der Waals surface area contributed by atoms with Gasteiger partial charge in [0.15, 0.2) is 0 Å². The van der Waals surface area contributed by atoms with Crippen LogP contribution in [0.15, 0.2) is 24.3 Å². The SMILES string of the molecule is CC1c2ccccc2CCN1NC(=O)O. The van der Waals surface area contributed by atoms with Crippen molar-refractivity contribution in [2.45, 2.75) is 19.4 Å². The van der Waals surface area contributed by atoms with Crippen LogP contribution >= 0.6 is 0 Å². The van der Waals surface area contributed by atoms with Crippen molar-refractivity contribution in [2.24, 2.45) is 0 Å². The molecule has 1 aromatic rings. The molecule has 0 saturated heterocycles. The van der Waals surface area contributed by atoms with Gasteiger partial charge < -0.3 is 5.11 Å². The molecular weight excluding hydrogens is 192 g/mol. The Labute approximate surface area is 88.5 Å². The van der Waals surface area contributed by atoms with Crippen molar-refractivity contribution in [1.29, 1.82) is 0 Å². The molecule has 15 heavy (non-hydrogen) atoms. The second kappa shape index (κ2) is 3.90. The highest BCUT2D eigenvalue weighted by atomic mass is 16.4. The van der Waals surface area contributed by atoms with Crippen molar-refractivity contribution in [3.05, 3.63) is 35.4 Å². The van der Waals surface area contributed by atoms with Gasteiger partial charge >= 0.3 is 6.09 Å². The summed E-state index contributed by atoms with van der Waals surface area (Å²) in [7, 11) is 0. The van der Waals surface area contributed by atoms with Gasteiger partial charge in [-0.15, -0.1) is 0 Å². The Bertz CT molecular complexity index is 379. The van der Waals surface area contributed by atoms with Crippen LogP contribution < -0.4 is 5.43 Å². The lowest BCUT2D eigenvalue weighted by Gasteiger charge is -2.34. The number of benzene rings is 1. The predicted octanol–water partition coefficient (Wildman–Crippen LogP) is 1.79. The molecule has 1 aliphatic rings. The van der Waals surface area contributed by atoms with E-state index in [2.05, 4.69) is 17.6 Å². The normalized spacial score (nSPS) is 20.7. The number of amides is 1. The first-order valence-corrected chi connectivity index (χ1v) is 5.02. The topological polar surface area (TPSA) is 52.6 Å². The van der Waals surface area contributed by atoms with Gasteiger partial charge in [-0.2, -0.15) is 0 Å². The van der Waals surface area contributed by atoms with Crippen LogP contribution in [0.25, 0.3) is 0 Å². The van der Waals surface area contributed by atoms with Gasteiger partial charge in [0.2, 0.25) is 0 Å². The number of hydrogen-bond donors (Lipinski definition) is 2. The molecule has 1 heterocycles. The summed E-state index contributed by atoms with van der Waals surface area (Å²) in [6.45, 7) is 2.73. The maximum atomic E-state index is 10.6. The highest BCUT2D eigenvalue weighted by Gasteiger charge is 2.24. The number of hydrazine groups is 1. The van der Waals surface area contributed by atoms with E-state index >= 15 is 0 Å². The third-order valence-electron chi connectivity index (χ3n) is 2.83. The number of carboxylic acid groups (broad SMARTS) is 1. The summed E-state index contributed by atoms with van der Waals surface area (Å²) in [4.78, 5) is 10.6. The number of nitrogens with zero attached hydrogens (tertiary/aromatic N) is 1. The lowest BCUT2D eigenvalue weighted by molar-refractivity contribution is 0.106. The second-order valence-electron chi connectivity index (χ2n) is 3.74. The quantitative estimate of drug-likeness (QED) is 0.736. The molecule has 1 atom stereocenters. The Morgan fingerprint density at radius 1 is 1.53 bits per heavy atom. The van der Waals surface area contributed by atoms with Crippen LogP contribution in [0, 0.1) is 0 Å². The number of carbonyl (C=O) groups is 1. The molecule has 0 aliphatic carbocycles. The van der Waals surface area contributed by atoms with E-state index < -0.39 is 6.09 Å². The summed E-state index contributed by atoms with van der Waals surface area (Å²) in [6, 6.07) is 8.26. The minimum absolute atomic E-state index is 0.103. The molecule has 0 saturated carbocycles. The maximum Gasteiger partial charge on any atom is 0.419 e. The fourth-order valence-electron chi connectivity index (χ4n) is 2.05. The third-order valence-corrected chi connectivity index (χ3v) is 2.83. The summed E-state index contributed by atoms with van der Waals surface area (Å²) in [6.07, 6.45) is -0.109. The van der Waals surface area contributed by atoms with Crippen molar-refractivity contribution in [3.63, 3.8) is 0 Å². The zero-order valence-electron chi connectivity index (χ0n) is 8.60. The van der Waals surface area contributed by atoms with E-state index in [0.29, 0.717) is 0 Å². The van der Waals surface area contributed by atoms with Crippen LogP contribution in [0.5, 0.6) is 0 Å². The molecule has 0 fully saturated rings. The second-order valence-corrected chi connectivity index (χ2v) is 3.74. The van der Waals surface area contributed by atoms with Gasteiger partial charge in [0.1, 0.15) is 0 Å². The molecule has 1 unspecified atom stereocenters. The molecule has 1 aromatic carbocycles. The Balaban J connectivity index is 2.22. The monoisotopic (exact) mass is 206 g/mol. The minimum atomic E-state index is -0.999. The molecule has 2 rings (SSSR count). The van der Waals surface area contributed by atoms with Gasteiger partial charge in [-0.1, -0.05) is 24.3 Å². The van der Waals surface area contributed by atoms with Crippen LogP contribution in [0.3, 0.4) is 0 Å². The molecule has 4 heteroatoms. The van der Waals surface area contributed by atoms with Crippen molar-refractivity contribution < 1.29 is 9.90 Å². The summed E-state index contributed by atoms with van der Waals surface area (Å²) in [5.41, 5.74) is 4.94. The molecule has 1 amide bonds. The first kappa shape index (κ1) is 9.98. The van der Waals surface area contributed by atoms with E-state index in [1.165, 1.54) is 11.1 Å². The van der Waals surface area contributed by atoms with Crippen LogP contribution in [0.2, 0.25) is 0 Å². The summed E-state index contributed by atoms with van der Waals surface area (Å²) in [5.74, 6) is 0. The Hall–Kier alpha value is -1.55. The van der Waals surface area contributed by atoms with E-state index in [0.717, 1.165) is 13.0 Å². The van der Waals surface area contributed by atoms with Gasteiger partial charge in [-0.25, -0.2) is 9.80 Å². The molecular formula is C11H14N2O2.